The third-order valence-electron chi connectivity index (χ3n) is 4.83. The van der Waals surface area contributed by atoms with Crippen LogP contribution >= 0.6 is 0 Å². The van der Waals surface area contributed by atoms with E-state index in [2.05, 4.69) is 15.6 Å². The fourth-order valence-corrected chi connectivity index (χ4v) is 3.25. The molecule has 1 heterocycles. The molecule has 2 N–H and O–H groups in total. The topological polar surface area (TPSA) is 76.0 Å². The van der Waals surface area contributed by atoms with Gasteiger partial charge in [-0.15, -0.1) is 0 Å². The fourth-order valence-electron chi connectivity index (χ4n) is 3.25. The number of anilines is 1. The van der Waals surface area contributed by atoms with Crippen LogP contribution in [0.1, 0.15) is 5.56 Å². The molecule has 0 aliphatic rings. The lowest BCUT2D eigenvalue weighted by atomic mass is 10.1. The van der Waals surface area contributed by atoms with E-state index in [1.54, 1.807) is 41.5 Å². The predicted octanol–water partition coefficient (Wildman–Crippen LogP) is 3.87. The smallest absolute Gasteiger partial charge is 0.248 e. The van der Waals surface area contributed by atoms with Crippen molar-refractivity contribution in [2.24, 2.45) is 0 Å². The van der Waals surface area contributed by atoms with Crippen LogP contribution in [0.4, 0.5) is 5.69 Å². The van der Waals surface area contributed by atoms with Gasteiger partial charge >= 0.3 is 0 Å². The lowest BCUT2D eigenvalue weighted by molar-refractivity contribution is -0.124. The second-order valence-electron chi connectivity index (χ2n) is 7.12. The molecular weight excluding hydrogens is 388 g/mol. The van der Waals surface area contributed by atoms with E-state index in [0.717, 1.165) is 16.3 Å². The summed E-state index contributed by atoms with van der Waals surface area (Å²) >= 11 is 0. The predicted molar refractivity (Wildman–Crippen MR) is 122 cm³/mol. The molecule has 0 spiro atoms. The number of hydrogen-bond acceptors (Lipinski definition) is 3. The highest BCUT2D eigenvalue weighted by Crippen LogP contribution is 2.16. The van der Waals surface area contributed by atoms with Crippen molar-refractivity contribution in [2.45, 2.75) is 12.6 Å². The SMILES string of the molecule is O=C(/C=C/c1ccc2ccccc2c1)NC(Cn1ccnc1)C(=O)Nc1ccccc1. The van der Waals surface area contributed by atoms with Crippen LogP contribution in [0.15, 0.2) is 97.6 Å². The van der Waals surface area contributed by atoms with Crippen molar-refractivity contribution in [2.75, 3.05) is 5.32 Å². The summed E-state index contributed by atoms with van der Waals surface area (Å²) in [5.41, 5.74) is 1.58. The summed E-state index contributed by atoms with van der Waals surface area (Å²) < 4.78 is 1.75. The minimum absolute atomic E-state index is 0.272. The summed E-state index contributed by atoms with van der Waals surface area (Å²) in [4.78, 5) is 29.4. The molecule has 1 unspecified atom stereocenters. The van der Waals surface area contributed by atoms with Crippen LogP contribution in [0.25, 0.3) is 16.8 Å². The third kappa shape index (κ3) is 5.45. The Morgan fingerprint density at radius 1 is 0.968 bits per heavy atom. The van der Waals surface area contributed by atoms with Gasteiger partial charge in [-0.1, -0.05) is 54.6 Å². The van der Waals surface area contributed by atoms with E-state index in [0.29, 0.717) is 5.69 Å². The van der Waals surface area contributed by atoms with Gasteiger partial charge in [0.25, 0.3) is 0 Å². The Bertz CT molecular complexity index is 1200. The van der Waals surface area contributed by atoms with Crippen molar-refractivity contribution < 1.29 is 9.59 Å². The van der Waals surface area contributed by atoms with Crippen LogP contribution < -0.4 is 10.6 Å². The molecule has 0 fully saturated rings. The zero-order chi connectivity index (χ0) is 21.5. The van der Waals surface area contributed by atoms with Gasteiger partial charge in [-0.2, -0.15) is 0 Å². The molecule has 6 heteroatoms. The number of carbonyl (C=O) groups excluding carboxylic acids is 2. The number of nitrogens with one attached hydrogen (secondary N) is 2. The van der Waals surface area contributed by atoms with E-state index in [1.165, 1.54) is 6.08 Å². The molecule has 31 heavy (non-hydrogen) atoms. The quantitative estimate of drug-likeness (QED) is 0.454. The average molecular weight is 410 g/mol. The van der Waals surface area contributed by atoms with Gasteiger partial charge in [0.05, 0.1) is 12.9 Å². The third-order valence-corrected chi connectivity index (χ3v) is 4.83. The first-order valence-corrected chi connectivity index (χ1v) is 9.96. The second kappa shape index (κ2) is 9.54. The Kier molecular flexibility index (Phi) is 6.18. The first-order valence-electron chi connectivity index (χ1n) is 9.96. The maximum atomic E-state index is 12.8. The Hall–Kier alpha value is -4.19. The highest BCUT2D eigenvalue weighted by atomic mass is 16.2. The van der Waals surface area contributed by atoms with Gasteiger partial charge in [-0.05, 0) is 40.6 Å². The second-order valence-corrected chi connectivity index (χ2v) is 7.12. The summed E-state index contributed by atoms with van der Waals surface area (Å²) in [7, 11) is 0. The average Bonchev–Trinajstić information content (AvgIpc) is 3.31. The van der Waals surface area contributed by atoms with Gasteiger partial charge < -0.3 is 15.2 Å². The molecular formula is C25H22N4O2. The minimum Gasteiger partial charge on any atom is -0.339 e. The molecule has 6 nitrogen and oxygen atoms in total. The number of rotatable bonds is 7. The molecule has 0 bridgehead atoms. The Balaban J connectivity index is 1.46. The lowest BCUT2D eigenvalue weighted by Gasteiger charge is -2.18. The van der Waals surface area contributed by atoms with E-state index < -0.39 is 6.04 Å². The highest BCUT2D eigenvalue weighted by Gasteiger charge is 2.20. The van der Waals surface area contributed by atoms with Crippen LogP contribution in [0.3, 0.4) is 0 Å². The van der Waals surface area contributed by atoms with Crippen molar-refractivity contribution in [3.8, 4) is 0 Å². The molecule has 4 rings (SSSR count). The molecule has 0 saturated carbocycles. The number of nitrogens with zero attached hydrogens (tertiary/aromatic N) is 2. The van der Waals surface area contributed by atoms with Gasteiger partial charge in [-0.25, -0.2) is 4.98 Å². The normalized spacial score (nSPS) is 12.0. The number of amides is 2. The summed E-state index contributed by atoms with van der Waals surface area (Å²) in [5, 5.41) is 7.88. The van der Waals surface area contributed by atoms with E-state index in [4.69, 9.17) is 0 Å². The molecule has 1 atom stereocenters. The maximum Gasteiger partial charge on any atom is 0.248 e. The zero-order valence-corrected chi connectivity index (χ0v) is 16.8. The molecule has 3 aromatic carbocycles. The van der Waals surface area contributed by atoms with Crippen LogP contribution in [0, 0.1) is 0 Å². The number of imidazole rings is 1. The van der Waals surface area contributed by atoms with Gasteiger partial charge in [0, 0.05) is 24.2 Å². The van der Waals surface area contributed by atoms with Crippen molar-refractivity contribution >= 4 is 34.4 Å². The summed E-state index contributed by atoms with van der Waals surface area (Å²) in [6.07, 6.45) is 8.18. The fraction of sp³-hybridized carbons (Fsp3) is 0.0800. The summed E-state index contributed by atoms with van der Waals surface area (Å²) in [6, 6.07) is 22.4. The van der Waals surface area contributed by atoms with Gasteiger partial charge in [-0.3, -0.25) is 9.59 Å². The number of carbonyl (C=O) groups is 2. The van der Waals surface area contributed by atoms with Gasteiger partial charge in [0.1, 0.15) is 6.04 Å². The van der Waals surface area contributed by atoms with Gasteiger partial charge in [0.2, 0.25) is 11.8 Å². The number of aromatic nitrogens is 2. The van der Waals surface area contributed by atoms with E-state index in [-0.39, 0.29) is 18.4 Å². The van der Waals surface area contributed by atoms with E-state index in [1.807, 2.05) is 60.7 Å². The van der Waals surface area contributed by atoms with Crippen LogP contribution in [-0.4, -0.2) is 27.4 Å². The Labute approximate surface area is 180 Å². The van der Waals surface area contributed by atoms with E-state index in [9.17, 15) is 9.59 Å². The number of hydrogen-bond donors (Lipinski definition) is 2. The molecule has 4 aromatic rings. The van der Waals surface area contributed by atoms with Crippen LogP contribution in [0.2, 0.25) is 0 Å². The largest absolute Gasteiger partial charge is 0.339 e. The van der Waals surface area contributed by atoms with Crippen molar-refractivity contribution in [3.63, 3.8) is 0 Å². The number of benzene rings is 3. The van der Waals surface area contributed by atoms with Crippen LogP contribution in [-0.2, 0) is 16.1 Å². The van der Waals surface area contributed by atoms with Gasteiger partial charge in [0.15, 0.2) is 0 Å². The standard InChI is InChI=1S/C25H22N4O2/c30-24(13-11-19-10-12-20-6-4-5-7-21(20)16-19)28-23(17-29-15-14-26-18-29)25(31)27-22-8-2-1-3-9-22/h1-16,18,23H,17H2,(H,27,31)(H,28,30)/b13-11+. The van der Waals surface area contributed by atoms with Crippen LogP contribution in [0.5, 0.6) is 0 Å². The number of fused-ring (bicyclic) bond motifs is 1. The molecule has 0 radical (unpaired) electrons. The van der Waals surface area contributed by atoms with Crippen molar-refractivity contribution in [1.29, 1.82) is 0 Å². The minimum atomic E-state index is -0.761. The summed E-state index contributed by atoms with van der Waals surface area (Å²) in [6.45, 7) is 0.272. The molecule has 154 valence electrons. The molecule has 0 aliphatic carbocycles. The van der Waals surface area contributed by atoms with E-state index >= 15 is 0 Å². The molecule has 0 saturated heterocycles. The maximum absolute atomic E-state index is 12.8. The van der Waals surface area contributed by atoms with Crippen molar-refractivity contribution in [1.82, 2.24) is 14.9 Å². The lowest BCUT2D eigenvalue weighted by Crippen LogP contribution is -2.45. The molecule has 1 aromatic heterocycles. The van der Waals surface area contributed by atoms with Crippen molar-refractivity contribution in [3.05, 3.63) is 103 Å². The Morgan fingerprint density at radius 2 is 1.74 bits per heavy atom. The molecule has 2 amide bonds. The zero-order valence-electron chi connectivity index (χ0n) is 16.8. The first kappa shape index (κ1) is 20.1. The first-order chi connectivity index (χ1) is 15.2. The monoisotopic (exact) mass is 410 g/mol. The molecule has 0 aliphatic heterocycles. The number of para-hydroxylation sites is 1. The highest BCUT2D eigenvalue weighted by molar-refractivity contribution is 6.00. The Morgan fingerprint density at radius 3 is 2.52 bits per heavy atom. The summed E-state index contributed by atoms with van der Waals surface area (Å²) in [5.74, 6) is -0.645.